The molecule has 0 radical (unpaired) electrons. The number of rotatable bonds is 23. The van der Waals surface area contributed by atoms with Crippen LogP contribution < -0.4 is 0 Å². The van der Waals surface area contributed by atoms with Gasteiger partial charge in [0.1, 0.15) is 43.2 Å². The lowest BCUT2D eigenvalue weighted by atomic mass is 9.93. The first-order valence-corrected chi connectivity index (χ1v) is 30.6. The van der Waals surface area contributed by atoms with Gasteiger partial charge in [0.2, 0.25) is 0 Å². The molecule has 0 aromatic heterocycles. The molecule has 3 heterocycles. The SMILES string of the molecule is CC1(C)O[C@H]2[C@H](O[C@@H]3O[C@H](COC(=O)c4ccccc4)[C@@H](OC(=O)c4ccccc4)[C@H](OC(=O)c4ccccc4)[C@H]3OC(=O)c3ccccc3)[C@@H]([C@H](COCc3ccccc3)OCc3ccccc3)O[C@H](OCC[Si](C)(C)C)[C@H]2O1. The molecule has 80 heavy (non-hydrogen) atoms. The lowest BCUT2D eigenvalue weighted by molar-refractivity contribution is -0.354. The van der Waals surface area contributed by atoms with E-state index in [0.29, 0.717) is 6.61 Å². The number of ether oxygens (including phenoxy) is 12. The van der Waals surface area contributed by atoms with E-state index in [1.54, 1.807) is 135 Å². The van der Waals surface area contributed by atoms with Crippen LogP contribution >= 0.6 is 0 Å². The Balaban J connectivity index is 1.16. The summed E-state index contributed by atoms with van der Waals surface area (Å²) in [5, 5.41) is 0. The van der Waals surface area contributed by atoms with Crippen LogP contribution in [0, 0.1) is 0 Å². The van der Waals surface area contributed by atoms with Gasteiger partial charge >= 0.3 is 23.9 Å². The minimum Gasteiger partial charge on any atom is -0.459 e. The number of hydrogen-bond donors (Lipinski definition) is 0. The Morgan fingerprint density at radius 2 is 0.963 bits per heavy atom. The van der Waals surface area contributed by atoms with Gasteiger partial charge in [-0.25, -0.2) is 19.2 Å². The molecule has 420 valence electrons. The van der Waals surface area contributed by atoms with E-state index < -0.39 is 112 Å². The fraction of sp³-hybridized carbons (Fsp3) is 0.365. The van der Waals surface area contributed by atoms with Gasteiger partial charge in [0.05, 0.1) is 42.1 Å². The van der Waals surface area contributed by atoms with Gasteiger partial charge in [0, 0.05) is 14.7 Å². The van der Waals surface area contributed by atoms with Crippen LogP contribution in [0.4, 0.5) is 0 Å². The summed E-state index contributed by atoms with van der Waals surface area (Å²) in [5.41, 5.74) is 2.41. The van der Waals surface area contributed by atoms with Crippen molar-refractivity contribution in [3.8, 4) is 0 Å². The van der Waals surface area contributed by atoms with Crippen molar-refractivity contribution in [3.63, 3.8) is 0 Å². The number of carbonyl (C=O) groups is 4. The molecule has 0 aliphatic carbocycles. The first-order chi connectivity index (χ1) is 38.7. The standard InChI is InChI=1S/C63H68O16Si/c1-63(2)78-54-52(50(76-61(56(54)79-63)69-36-37-80(3,4)5)48(70-39-43-26-14-7-15-27-43)40-68-38-42-24-12-6-13-25-42)77-62-55(75-60(67)47-34-22-11-23-35-47)53(74-59(66)46-32-20-10-21-33-46)51(73-58(65)45-30-18-9-19-31-45)49(72-62)41-71-57(64)44-28-16-8-17-29-44/h6-35,48-56,61-62H,36-41H2,1-5H3/t48-,49+,50+,51+,52+,53-,54-,55+,56-,61-,62-/m0/s1. The van der Waals surface area contributed by atoms with E-state index in [4.69, 9.17) is 56.8 Å². The maximum atomic E-state index is 14.6. The van der Waals surface area contributed by atoms with Gasteiger partial charge in [0.25, 0.3) is 0 Å². The molecule has 0 N–H and O–H groups in total. The highest BCUT2D eigenvalue weighted by Crippen LogP contribution is 2.43. The molecule has 0 saturated carbocycles. The Hall–Kier alpha value is -6.90. The monoisotopic (exact) mass is 1110 g/mol. The first kappa shape index (κ1) is 57.8. The minimum atomic E-state index is -1.74. The topological polar surface area (TPSA) is 179 Å². The third kappa shape index (κ3) is 15.5. The van der Waals surface area contributed by atoms with E-state index >= 15 is 0 Å². The van der Waals surface area contributed by atoms with Gasteiger partial charge in [0.15, 0.2) is 36.7 Å². The smallest absolute Gasteiger partial charge is 0.338 e. The lowest BCUT2D eigenvalue weighted by Gasteiger charge is -2.49. The van der Waals surface area contributed by atoms with Crippen LogP contribution in [-0.4, -0.2) is 125 Å². The van der Waals surface area contributed by atoms with Gasteiger partial charge in [-0.15, -0.1) is 0 Å². The van der Waals surface area contributed by atoms with Crippen molar-refractivity contribution in [1.29, 1.82) is 0 Å². The second-order valence-electron chi connectivity index (χ2n) is 21.4. The maximum Gasteiger partial charge on any atom is 0.338 e. The van der Waals surface area contributed by atoms with E-state index in [1.165, 1.54) is 0 Å². The van der Waals surface area contributed by atoms with Crippen LogP contribution in [-0.2, 0) is 70.1 Å². The van der Waals surface area contributed by atoms with E-state index in [2.05, 4.69) is 19.6 Å². The molecule has 0 unspecified atom stereocenters. The molecule has 17 heteroatoms. The molecule has 11 atom stereocenters. The van der Waals surface area contributed by atoms with E-state index in [-0.39, 0.29) is 42.1 Å². The van der Waals surface area contributed by atoms with Crippen molar-refractivity contribution in [2.75, 3.05) is 19.8 Å². The number of benzene rings is 6. The third-order valence-corrected chi connectivity index (χ3v) is 15.3. The number of fused-ring (bicyclic) bond motifs is 1. The average Bonchev–Trinajstić information content (AvgIpc) is 3.82. The molecule has 0 amide bonds. The van der Waals surface area contributed by atoms with Crippen molar-refractivity contribution < 1.29 is 76.0 Å². The highest BCUT2D eigenvalue weighted by Gasteiger charge is 2.61. The molecule has 3 aliphatic heterocycles. The number of esters is 4. The van der Waals surface area contributed by atoms with E-state index in [9.17, 15) is 19.2 Å². The number of carbonyl (C=O) groups excluding carboxylic acids is 4. The quantitative estimate of drug-likeness (QED) is 0.0336. The van der Waals surface area contributed by atoms with Crippen LogP contribution in [0.5, 0.6) is 0 Å². The summed E-state index contributed by atoms with van der Waals surface area (Å²) in [6.07, 6.45) is -14.5. The summed E-state index contributed by atoms with van der Waals surface area (Å²) in [4.78, 5) is 57.3. The Morgan fingerprint density at radius 3 is 1.48 bits per heavy atom. The minimum absolute atomic E-state index is 0.0274. The normalized spacial score (nSPS) is 24.6. The van der Waals surface area contributed by atoms with Crippen molar-refractivity contribution in [1.82, 2.24) is 0 Å². The lowest BCUT2D eigenvalue weighted by Crippen LogP contribution is -2.67. The highest BCUT2D eigenvalue weighted by molar-refractivity contribution is 6.76. The predicted octanol–water partition coefficient (Wildman–Crippen LogP) is 10.0. The molecule has 0 bridgehead atoms. The second-order valence-corrected chi connectivity index (χ2v) is 27.0. The molecule has 6 aromatic rings. The fourth-order valence-electron chi connectivity index (χ4n) is 9.52. The van der Waals surface area contributed by atoms with Gasteiger partial charge < -0.3 is 56.8 Å². The molecule has 3 saturated heterocycles. The maximum absolute atomic E-state index is 14.6. The van der Waals surface area contributed by atoms with Crippen molar-refractivity contribution in [2.24, 2.45) is 0 Å². The summed E-state index contributed by atoms with van der Waals surface area (Å²) < 4.78 is 79.9. The summed E-state index contributed by atoms with van der Waals surface area (Å²) >= 11 is 0. The second kappa shape index (κ2) is 27.0. The highest BCUT2D eigenvalue weighted by atomic mass is 28.3. The largest absolute Gasteiger partial charge is 0.459 e. The summed E-state index contributed by atoms with van der Waals surface area (Å²) in [5.74, 6) is -4.52. The summed E-state index contributed by atoms with van der Waals surface area (Å²) in [6, 6.07) is 52.9. The molecule has 16 nitrogen and oxygen atoms in total. The van der Waals surface area contributed by atoms with E-state index in [1.807, 2.05) is 60.7 Å². The Bertz CT molecular complexity index is 2910. The van der Waals surface area contributed by atoms with Crippen LogP contribution in [0.25, 0.3) is 0 Å². The predicted molar refractivity (Wildman–Crippen MR) is 295 cm³/mol. The van der Waals surface area contributed by atoms with Crippen LogP contribution in [0.3, 0.4) is 0 Å². The molecule has 3 fully saturated rings. The van der Waals surface area contributed by atoms with Gasteiger partial charge in [-0.05, 0) is 79.5 Å². The van der Waals surface area contributed by atoms with Gasteiger partial charge in [-0.1, -0.05) is 153 Å². The van der Waals surface area contributed by atoms with Gasteiger partial charge in [-0.3, -0.25) is 0 Å². The van der Waals surface area contributed by atoms with Crippen LogP contribution in [0.15, 0.2) is 182 Å². The molecular formula is C63H68O16Si. The van der Waals surface area contributed by atoms with Crippen molar-refractivity contribution >= 4 is 32.0 Å². The Morgan fingerprint density at radius 1 is 0.512 bits per heavy atom. The van der Waals surface area contributed by atoms with Crippen molar-refractivity contribution in [3.05, 3.63) is 215 Å². The first-order valence-electron chi connectivity index (χ1n) is 26.9. The Labute approximate surface area is 467 Å². The molecule has 0 spiro atoms. The van der Waals surface area contributed by atoms with Gasteiger partial charge in [-0.2, -0.15) is 0 Å². The summed E-state index contributed by atoms with van der Waals surface area (Å²) in [7, 11) is -1.63. The fourth-order valence-corrected chi connectivity index (χ4v) is 10.3. The molecule has 6 aromatic carbocycles. The van der Waals surface area contributed by atoms with Crippen molar-refractivity contribution in [2.45, 2.75) is 126 Å². The molecule has 9 rings (SSSR count). The Kier molecular flexibility index (Phi) is 19.5. The third-order valence-electron chi connectivity index (χ3n) is 13.6. The number of hydrogen-bond acceptors (Lipinski definition) is 16. The van der Waals surface area contributed by atoms with Crippen LogP contribution in [0.2, 0.25) is 25.7 Å². The van der Waals surface area contributed by atoms with E-state index in [0.717, 1.165) is 17.2 Å². The van der Waals surface area contributed by atoms with Crippen LogP contribution in [0.1, 0.15) is 66.4 Å². The zero-order valence-electron chi connectivity index (χ0n) is 45.4. The zero-order valence-corrected chi connectivity index (χ0v) is 46.4. The molecular weight excluding hydrogens is 1040 g/mol. The zero-order chi connectivity index (χ0) is 56.1. The molecule has 3 aliphatic rings. The average molecular weight is 1110 g/mol. The summed E-state index contributed by atoms with van der Waals surface area (Å²) in [6.45, 7) is 10.4.